The first kappa shape index (κ1) is 15.4. The van der Waals surface area contributed by atoms with Crippen LogP contribution in [0, 0.1) is 0 Å². The minimum absolute atomic E-state index is 0.392. The Labute approximate surface area is 122 Å². The maximum absolute atomic E-state index is 6.13. The molecule has 0 aromatic heterocycles. The largest absolute Gasteiger partial charge is 0.320 e. The zero-order valence-corrected chi connectivity index (χ0v) is 12.6. The fraction of sp³-hybridized carbons (Fsp3) is 0.500. The van der Waals surface area contributed by atoms with Crippen LogP contribution in [0.4, 0.5) is 0 Å². The second kappa shape index (κ2) is 7.70. The molecule has 17 heavy (non-hydrogen) atoms. The Hall–Kier alpha value is 0.340. The molecule has 0 heterocycles. The van der Waals surface area contributed by atoms with E-state index in [9.17, 15) is 0 Å². The first-order chi connectivity index (χ1) is 8.07. The van der Waals surface area contributed by atoms with Crippen LogP contribution in [0.15, 0.2) is 6.07 Å². The number of unbranched alkanes of at least 4 members (excludes halogenated alkanes) is 2. The molecule has 96 valence electrons. The number of halogens is 4. The Morgan fingerprint density at radius 1 is 0.941 bits per heavy atom. The van der Waals surface area contributed by atoms with Crippen molar-refractivity contribution in [1.82, 2.24) is 5.32 Å². The Morgan fingerprint density at radius 2 is 1.65 bits per heavy atom. The SMILES string of the molecule is CNCCCCCc1c(Cl)cc(Cl)c(Cl)c1Cl. The van der Waals surface area contributed by atoms with Crippen LogP contribution in [-0.4, -0.2) is 13.6 Å². The summed E-state index contributed by atoms with van der Waals surface area (Å²) in [6, 6.07) is 1.65. The molecule has 0 unspecified atom stereocenters. The summed E-state index contributed by atoms with van der Waals surface area (Å²) in [6.45, 7) is 1.03. The average Bonchev–Trinajstić information content (AvgIpc) is 2.30. The second-order valence-electron chi connectivity index (χ2n) is 3.86. The van der Waals surface area contributed by atoms with Crippen molar-refractivity contribution in [2.45, 2.75) is 25.7 Å². The first-order valence-electron chi connectivity index (χ1n) is 5.54. The summed E-state index contributed by atoms with van der Waals surface area (Å²) in [4.78, 5) is 0. The Morgan fingerprint density at radius 3 is 2.29 bits per heavy atom. The lowest BCUT2D eigenvalue weighted by Gasteiger charge is -2.10. The van der Waals surface area contributed by atoms with Gasteiger partial charge in [-0.25, -0.2) is 0 Å². The van der Waals surface area contributed by atoms with Gasteiger partial charge >= 0.3 is 0 Å². The molecule has 0 spiro atoms. The highest BCUT2D eigenvalue weighted by Crippen LogP contribution is 2.38. The fourth-order valence-electron chi connectivity index (χ4n) is 1.61. The average molecular weight is 315 g/mol. The van der Waals surface area contributed by atoms with E-state index in [1.54, 1.807) is 6.07 Å². The predicted octanol–water partition coefficient (Wildman–Crippen LogP) is 5.23. The van der Waals surface area contributed by atoms with Gasteiger partial charge in [0.25, 0.3) is 0 Å². The third-order valence-electron chi connectivity index (χ3n) is 2.56. The number of hydrogen-bond donors (Lipinski definition) is 1. The highest BCUT2D eigenvalue weighted by atomic mass is 35.5. The van der Waals surface area contributed by atoms with Crippen molar-refractivity contribution in [3.05, 3.63) is 31.7 Å². The van der Waals surface area contributed by atoms with Gasteiger partial charge in [-0.15, -0.1) is 0 Å². The number of nitrogens with one attached hydrogen (secondary N) is 1. The van der Waals surface area contributed by atoms with Crippen LogP contribution >= 0.6 is 46.4 Å². The smallest absolute Gasteiger partial charge is 0.0782 e. The maximum Gasteiger partial charge on any atom is 0.0782 e. The molecule has 1 nitrogen and oxygen atoms in total. The molecule has 0 bridgehead atoms. The normalized spacial score (nSPS) is 10.9. The van der Waals surface area contributed by atoms with Crippen molar-refractivity contribution in [1.29, 1.82) is 0 Å². The zero-order valence-electron chi connectivity index (χ0n) is 9.62. The summed E-state index contributed by atoms with van der Waals surface area (Å²) < 4.78 is 0. The van der Waals surface area contributed by atoms with Gasteiger partial charge in [0, 0.05) is 5.02 Å². The van der Waals surface area contributed by atoms with Crippen LogP contribution < -0.4 is 5.32 Å². The zero-order chi connectivity index (χ0) is 12.8. The van der Waals surface area contributed by atoms with Crippen molar-refractivity contribution in [3.63, 3.8) is 0 Å². The highest BCUT2D eigenvalue weighted by molar-refractivity contribution is 6.49. The molecule has 1 N–H and O–H groups in total. The van der Waals surface area contributed by atoms with E-state index in [0.717, 1.165) is 37.8 Å². The third kappa shape index (κ3) is 4.50. The van der Waals surface area contributed by atoms with Gasteiger partial charge in [0.15, 0.2) is 0 Å². The van der Waals surface area contributed by atoms with E-state index in [-0.39, 0.29) is 0 Å². The number of benzene rings is 1. The van der Waals surface area contributed by atoms with E-state index in [4.69, 9.17) is 46.4 Å². The third-order valence-corrected chi connectivity index (χ3v) is 4.20. The van der Waals surface area contributed by atoms with Crippen LogP contribution in [0.2, 0.25) is 20.1 Å². The predicted molar refractivity (Wildman–Crippen MR) is 78.0 cm³/mol. The monoisotopic (exact) mass is 313 g/mol. The van der Waals surface area contributed by atoms with Gasteiger partial charge in [0.1, 0.15) is 0 Å². The van der Waals surface area contributed by atoms with E-state index in [1.807, 2.05) is 7.05 Å². The molecule has 0 saturated heterocycles. The molecule has 1 aromatic rings. The standard InChI is InChI=1S/C12H15Cl4N/c1-17-6-4-2-3-5-8-9(13)7-10(14)12(16)11(8)15/h7,17H,2-6H2,1H3. The van der Waals surface area contributed by atoms with Gasteiger partial charge in [0.05, 0.1) is 15.1 Å². The van der Waals surface area contributed by atoms with E-state index >= 15 is 0 Å². The lowest BCUT2D eigenvalue weighted by atomic mass is 10.1. The summed E-state index contributed by atoms with van der Waals surface area (Å²) in [5, 5.41) is 4.99. The summed E-state index contributed by atoms with van der Waals surface area (Å²) in [5.74, 6) is 0. The molecule has 0 saturated carbocycles. The quantitative estimate of drug-likeness (QED) is 0.430. The van der Waals surface area contributed by atoms with Gasteiger partial charge < -0.3 is 5.32 Å². The molecule has 0 aliphatic rings. The molecule has 0 amide bonds. The van der Waals surface area contributed by atoms with Crippen LogP contribution in [0.1, 0.15) is 24.8 Å². The fourth-order valence-corrected chi connectivity index (χ4v) is 2.73. The van der Waals surface area contributed by atoms with E-state index in [2.05, 4.69) is 5.32 Å². The van der Waals surface area contributed by atoms with Crippen molar-refractivity contribution >= 4 is 46.4 Å². The molecule has 0 fully saturated rings. The van der Waals surface area contributed by atoms with Crippen molar-refractivity contribution in [2.24, 2.45) is 0 Å². The van der Waals surface area contributed by atoms with E-state index in [1.165, 1.54) is 0 Å². The second-order valence-corrected chi connectivity index (χ2v) is 5.43. The molecule has 0 atom stereocenters. The first-order valence-corrected chi connectivity index (χ1v) is 7.05. The molecule has 1 aromatic carbocycles. The van der Waals surface area contributed by atoms with Crippen LogP contribution in [0.25, 0.3) is 0 Å². The Balaban J connectivity index is 2.62. The lowest BCUT2D eigenvalue weighted by molar-refractivity contribution is 0.642. The minimum Gasteiger partial charge on any atom is -0.320 e. The van der Waals surface area contributed by atoms with E-state index in [0.29, 0.717) is 20.1 Å². The number of rotatable bonds is 6. The summed E-state index contributed by atoms with van der Waals surface area (Å²) in [6.07, 6.45) is 4.15. The molecule has 1 rings (SSSR count). The van der Waals surface area contributed by atoms with Crippen LogP contribution in [0.3, 0.4) is 0 Å². The molecule has 0 aliphatic carbocycles. The summed E-state index contributed by atoms with van der Waals surface area (Å²) in [7, 11) is 1.95. The Bertz CT molecular complexity index is 379. The van der Waals surface area contributed by atoms with Crippen molar-refractivity contribution in [3.8, 4) is 0 Å². The molecular formula is C12H15Cl4N. The molecule has 0 radical (unpaired) electrons. The van der Waals surface area contributed by atoms with Gasteiger partial charge in [-0.3, -0.25) is 0 Å². The van der Waals surface area contributed by atoms with Gasteiger partial charge in [-0.2, -0.15) is 0 Å². The molecule has 0 aliphatic heterocycles. The molecular weight excluding hydrogens is 300 g/mol. The Kier molecular flexibility index (Phi) is 6.98. The van der Waals surface area contributed by atoms with Crippen molar-refractivity contribution < 1.29 is 0 Å². The summed E-state index contributed by atoms with van der Waals surface area (Å²) in [5.41, 5.74) is 0.896. The lowest BCUT2D eigenvalue weighted by Crippen LogP contribution is -2.07. The minimum atomic E-state index is 0.392. The maximum atomic E-state index is 6.13. The van der Waals surface area contributed by atoms with Gasteiger partial charge in [-0.1, -0.05) is 52.8 Å². The van der Waals surface area contributed by atoms with Crippen molar-refractivity contribution in [2.75, 3.05) is 13.6 Å². The number of hydrogen-bond acceptors (Lipinski definition) is 1. The van der Waals surface area contributed by atoms with Crippen LogP contribution in [0.5, 0.6) is 0 Å². The topological polar surface area (TPSA) is 12.0 Å². The van der Waals surface area contributed by atoms with Crippen LogP contribution in [-0.2, 0) is 6.42 Å². The summed E-state index contributed by atoms with van der Waals surface area (Å²) >= 11 is 24.1. The highest BCUT2D eigenvalue weighted by Gasteiger charge is 2.13. The van der Waals surface area contributed by atoms with Gasteiger partial charge in [0.2, 0.25) is 0 Å². The van der Waals surface area contributed by atoms with E-state index < -0.39 is 0 Å². The molecule has 5 heteroatoms. The van der Waals surface area contributed by atoms with Gasteiger partial charge in [-0.05, 0) is 44.5 Å².